The van der Waals surface area contributed by atoms with Gasteiger partial charge < -0.3 is 15.5 Å². The first-order valence-electron chi connectivity index (χ1n) is 12.7. The van der Waals surface area contributed by atoms with Gasteiger partial charge >= 0.3 is 0 Å². The normalized spacial score (nSPS) is 13.7. The quantitative estimate of drug-likeness (QED) is 0.541. The van der Waals surface area contributed by atoms with Crippen LogP contribution in [0.4, 0.5) is 5.69 Å². The highest BCUT2D eigenvalue weighted by molar-refractivity contribution is 6.09. The molecule has 3 amide bonds. The van der Waals surface area contributed by atoms with E-state index in [1.54, 1.807) is 53.4 Å². The minimum Gasteiger partial charge on any atom is -0.356 e. The summed E-state index contributed by atoms with van der Waals surface area (Å²) in [6.45, 7) is 12.5. The van der Waals surface area contributed by atoms with Crippen molar-refractivity contribution in [2.24, 2.45) is 17.8 Å². The first-order chi connectivity index (χ1) is 16.7. The van der Waals surface area contributed by atoms with Gasteiger partial charge in [0.05, 0.1) is 11.3 Å². The van der Waals surface area contributed by atoms with Gasteiger partial charge in [-0.2, -0.15) is 0 Å². The maximum atomic E-state index is 13.1. The van der Waals surface area contributed by atoms with Crippen LogP contribution in [0.25, 0.3) is 0 Å². The zero-order chi connectivity index (χ0) is 25.8. The third-order valence-corrected chi connectivity index (χ3v) is 5.62. The van der Waals surface area contributed by atoms with E-state index in [0.29, 0.717) is 55.2 Å². The smallest absolute Gasteiger partial charge is 0.255 e. The minimum atomic E-state index is -0.252. The van der Waals surface area contributed by atoms with Crippen LogP contribution >= 0.6 is 0 Å². The Kier molecular flexibility index (Phi) is 11.5. The van der Waals surface area contributed by atoms with Crippen LogP contribution in [0.2, 0.25) is 0 Å². The predicted molar refractivity (Wildman–Crippen MR) is 142 cm³/mol. The van der Waals surface area contributed by atoms with Crippen LogP contribution in [0.5, 0.6) is 0 Å². The summed E-state index contributed by atoms with van der Waals surface area (Å²) in [5.41, 5.74) is 1.50. The monoisotopic (exact) mass is 479 g/mol. The number of rotatable bonds is 7. The van der Waals surface area contributed by atoms with E-state index in [1.165, 1.54) is 0 Å². The fraction of sp³-hybridized carbons (Fsp3) is 0.483. The molecule has 0 atom stereocenters. The first-order valence-corrected chi connectivity index (χ1v) is 12.7. The lowest BCUT2D eigenvalue weighted by molar-refractivity contribution is -0.126. The van der Waals surface area contributed by atoms with Crippen molar-refractivity contribution in [1.82, 2.24) is 10.2 Å². The lowest BCUT2D eigenvalue weighted by Crippen LogP contribution is -2.43. The van der Waals surface area contributed by atoms with Crippen molar-refractivity contribution in [3.05, 3.63) is 65.7 Å². The Morgan fingerprint density at radius 1 is 0.886 bits per heavy atom. The molecule has 1 fully saturated rings. The number of hydrogen-bond acceptors (Lipinski definition) is 3. The Bertz CT molecular complexity index is 946. The summed E-state index contributed by atoms with van der Waals surface area (Å²) in [6, 6.07) is 16.0. The van der Waals surface area contributed by atoms with E-state index in [1.807, 2.05) is 6.07 Å². The molecule has 2 aromatic carbocycles. The molecule has 1 heterocycles. The van der Waals surface area contributed by atoms with E-state index in [2.05, 4.69) is 45.3 Å². The van der Waals surface area contributed by atoms with Crippen LogP contribution in [0.1, 0.15) is 74.6 Å². The molecule has 0 radical (unpaired) electrons. The van der Waals surface area contributed by atoms with Crippen LogP contribution in [0.3, 0.4) is 0 Å². The SMILES string of the molecule is CC(C)C.CC(C)CCNC(=O)C1CCN(C(=O)c2ccccc2NC(=O)c2ccccc2)CC1. The van der Waals surface area contributed by atoms with Crippen LogP contribution in [0, 0.1) is 17.8 Å². The fourth-order valence-electron chi connectivity index (χ4n) is 3.71. The van der Waals surface area contributed by atoms with Gasteiger partial charge in [-0.15, -0.1) is 0 Å². The highest BCUT2D eigenvalue weighted by Gasteiger charge is 2.28. The molecule has 0 unspecified atom stereocenters. The number of hydrogen-bond donors (Lipinski definition) is 2. The first kappa shape index (κ1) is 28.1. The lowest BCUT2D eigenvalue weighted by Gasteiger charge is -2.32. The second-order valence-corrected chi connectivity index (χ2v) is 10.1. The molecule has 1 saturated heterocycles. The molecule has 2 aromatic rings. The molecule has 6 heteroatoms. The number of amides is 3. The molecule has 6 nitrogen and oxygen atoms in total. The third kappa shape index (κ3) is 9.55. The number of nitrogens with one attached hydrogen (secondary N) is 2. The molecular weight excluding hydrogens is 438 g/mol. The van der Waals surface area contributed by atoms with Crippen molar-refractivity contribution in [3.63, 3.8) is 0 Å². The lowest BCUT2D eigenvalue weighted by atomic mass is 9.95. The van der Waals surface area contributed by atoms with Crippen molar-refractivity contribution < 1.29 is 14.4 Å². The Hall–Kier alpha value is -3.15. The van der Waals surface area contributed by atoms with Gasteiger partial charge in [0.1, 0.15) is 0 Å². The maximum absolute atomic E-state index is 13.1. The number of carbonyl (C=O) groups is 3. The number of piperidine rings is 1. The van der Waals surface area contributed by atoms with Crippen LogP contribution in [-0.2, 0) is 4.79 Å². The van der Waals surface area contributed by atoms with Crippen molar-refractivity contribution in [3.8, 4) is 0 Å². The number of anilines is 1. The number of carbonyl (C=O) groups excluding carboxylic acids is 3. The molecule has 0 aromatic heterocycles. The molecule has 1 aliphatic rings. The van der Waals surface area contributed by atoms with Crippen LogP contribution in [-0.4, -0.2) is 42.3 Å². The molecule has 35 heavy (non-hydrogen) atoms. The Morgan fingerprint density at radius 2 is 1.46 bits per heavy atom. The Labute approximate surface area is 210 Å². The summed E-state index contributed by atoms with van der Waals surface area (Å²) >= 11 is 0. The molecular formula is C29H41N3O3. The largest absolute Gasteiger partial charge is 0.356 e. The van der Waals surface area contributed by atoms with Crippen molar-refractivity contribution in [1.29, 1.82) is 0 Å². The summed E-state index contributed by atoms with van der Waals surface area (Å²) in [7, 11) is 0. The average molecular weight is 480 g/mol. The van der Waals surface area contributed by atoms with E-state index in [0.717, 1.165) is 12.3 Å². The topological polar surface area (TPSA) is 78.5 Å². The summed E-state index contributed by atoms with van der Waals surface area (Å²) in [6.07, 6.45) is 2.27. The van der Waals surface area contributed by atoms with E-state index in [9.17, 15) is 14.4 Å². The number of benzene rings is 2. The van der Waals surface area contributed by atoms with Crippen LogP contribution in [0.15, 0.2) is 54.6 Å². The summed E-state index contributed by atoms with van der Waals surface area (Å²) in [5, 5.41) is 5.87. The van der Waals surface area contributed by atoms with E-state index in [-0.39, 0.29) is 23.6 Å². The molecule has 0 spiro atoms. The zero-order valence-electron chi connectivity index (χ0n) is 21.8. The molecule has 190 valence electrons. The fourth-order valence-corrected chi connectivity index (χ4v) is 3.71. The van der Waals surface area contributed by atoms with E-state index in [4.69, 9.17) is 0 Å². The number of nitrogens with zero attached hydrogens (tertiary/aromatic N) is 1. The van der Waals surface area contributed by atoms with E-state index < -0.39 is 0 Å². The summed E-state index contributed by atoms with van der Waals surface area (Å²) < 4.78 is 0. The molecule has 3 rings (SSSR count). The summed E-state index contributed by atoms with van der Waals surface area (Å²) in [4.78, 5) is 39.8. The van der Waals surface area contributed by atoms with Gasteiger partial charge in [-0.25, -0.2) is 0 Å². The van der Waals surface area contributed by atoms with Gasteiger partial charge in [-0.05, 0) is 55.4 Å². The average Bonchev–Trinajstić information content (AvgIpc) is 2.84. The van der Waals surface area contributed by atoms with Gasteiger partial charge in [0, 0.05) is 31.1 Å². The number of para-hydroxylation sites is 1. The highest BCUT2D eigenvalue weighted by Crippen LogP contribution is 2.23. The minimum absolute atomic E-state index is 0.0516. The Morgan fingerprint density at radius 3 is 2.06 bits per heavy atom. The predicted octanol–water partition coefficient (Wildman–Crippen LogP) is 5.62. The van der Waals surface area contributed by atoms with Gasteiger partial charge in [0.15, 0.2) is 0 Å². The molecule has 1 aliphatic heterocycles. The molecule has 0 aliphatic carbocycles. The molecule has 0 bridgehead atoms. The van der Waals surface area contributed by atoms with Gasteiger partial charge in [-0.1, -0.05) is 65.0 Å². The van der Waals surface area contributed by atoms with E-state index >= 15 is 0 Å². The number of likely N-dealkylation sites (tertiary alicyclic amines) is 1. The molecule has 2 N–H and O–H groups in total. The molecule has 0 saturated carbocycles. The zero-order valence-corrected chi connectivity index (χ0v) is 21.8. The Balaban J connectivity index is 0.00000100. The standard InChI is InChI=1S/C25H31N3O3.C4H10/c1-18(2)12-15-26-23(29)20-13-16-28(17-14-20)25(31)21-10-6-7-11-22(21)27-24(30)19-8-4-3-5-9-19;1-4(2)3/h3-11,18,20H,12-17H2,1-2H3,(H,26,29)(H,27,30);4H,1-3H3. The van der Waals surface area contributed by atoms with Crippen molar-refractivity contribution in [2.75, 3.05) is 25.0 Å². The van der Waals surface area contributed by atoms with Gasteiger partial charge in [0.2, 0.25) is 5.91 Å². The second kappa shape index (κ2) is 14.3. The highest BCUT2D eigenvalue weighted by atomic mass is 16.2. The van der Waals surface area contributed by atoms with Gasteiger partial charge in [0.25, 0.3) is 11.8 Å². The van der Waals surface area contributed by atoms with Crippen molar-refractivity contribution in [2.45, 2.75) is 53.9 Å². The maximum Gasteiger partial charge on any atom is 0.255 e. The third-order valence-electron chi connectivity index (χ3n) is 5.62. The van der Waals surface area contributed by atoms with Crippen molar-refractivity contribution >= 4 is 23.4 Å². The van der Waals surface area contributed by atoms with Gasteiger partial charge in [-0.3, -0.25) is 14.4 Å². The second-order valence-electron chi connectivity index (χ2n) is 10.1. The summed E-state index contributed by atoms with van der Waals surface area (Å²) in [5.74, 6) is 1.05. The van der Waals surface area contributed by atoms with Crippen LogP contribution < -0.4 is 10.6 Å².